The first-order valence-electron chi connectivity index (χ1n) is 10.9. The van der Waals surface area contributed by atoms with Gasteiger partial charge in [-0.15, -0.1) is 0 Å². The third-order valence-electron chi connectivity index (χ3n) is 5.42. The summed E-state index contributed by atoms with van der Waals surface area (Å²) < 4.78 is 31.8. The lowest BCUT2D eigenvalue weighted by molar-refractivity contribution is 0.300. The minimum absolute atomic E-state index is 0.312. The molecule has 0 aliphatic carbocycles. The Bertz CT molecular complexity index is 1000. The molecule has 0 amide bonds. The van der Waals surface area contributed by atoms with Gasteiger partial charge < -0.3 is 14.2 Å². The van der Waals surface area contributed by atoms with Crippen LogP contribution in [0.1, 0.15) is 50.7 Å². The minimum atomic E-state index is -0.312. The van der Waals surface area contributed by atoms with Crippen molar-refractivity contribution in [1.82, 2.24) is 0 Å². The summed E-state index contributed by atoms with van der Waals surface area (Å²) in [5.74, 6) is 2.27. The summed E-state index contributed by atoms with van der Waals surface area (Å²) in [6.45, 7) is 7.41. The standard InChI is InChI=1S/C27H31FO3/c1-5-14-30-27-15-20(18-31-23-9-7-8-21(16-23)19(3)6-2)10-12-24(27)25-17-22(29-4)11-13-26(25)28/h7-13,15-17,19H,5-6,14,18H2,1-4H3/t19-/m1/s1. The van der Waals surface area contributed by atoms with E-state index in [2.05, 4.69) is 26.0 Å². The van der Waals surface area contributed by atoms with E-state index in [0.29, 0.717) is 41.8 Å². The van der Waals surface area contributed by atoms with Crippen LogP contribution in [0.4, 0.5) is 4.39 Å². The lowest BCUT2D eigenvalue weighted by Crippen LogP contribution is -2.01. The SMILES string of the molecule is CCCOc1cc(COc2cccc([C@H](C)CC)c2)ccc1-c1cc(OC)ccc1F. The van der Waals surface area contributed by atoms with Gasteiger partial charge in [0.1, 0.15) is 29.7 Å². The van der Waals surface area contributed by atoms with Crippen LogP contribution in [-0.4, -0.2) is 13.7 Å². The zero-order valence-electron chi connectivity index (χ0n) is 18.8. The van der Waals surface area contributed by atoms with Crippen LogP contribution in [0.2, 0.25) is 0 Å². The van der Waals surface area contributed by atoms with Crippen LogP contribution >= 0.6 is 0 Å². The fourth-order valence-electron chi connectivity index (χ4n) is 3.36. The predicted molar refractivity (Wildman–Crippen MR) is 124 cm³/mol. The second-order valence-electron chi connectivity index (χ2n) is 7.70. The van der Waals surface area contributed by atoms with Crippen molar-refractivity contribution in [2.24, 2.45) is 0 Å². The van der Waals surface area contributed by atoms with Crippen molar-refractivity contribution in [2.45, 2.75) is 46.1 Å². The normalized spacial score (nSPS) is 11.8. The average molecular weight is 423 g/mol. The Kier molecular flexibility index (Phi) is 7.94. The molecule has 4 heteroatoms. The Balaban J connectivity index is 1.85. The van der Waals surface area contributed by atoms with Crippen LogP contribution in [0, 0.1) is 5.82 Å². The summed E-state index contributed by atoms with van der Waals surface area (Å²) in [5, 5.41) is 0. The summed E-state index contributed by atoms with van der Waals surface area (Å²) in [6.07, 6.45) is 1.95. The largest absolute Gasteiger partial charge is 0.497 e. The molecule has 0 radical (unpaired) electrons. The van der Waals surface area contributed by atoms with E-state index >= 15 is 0 Å². The van der Waals surface area contributed by atoms with Gasteiger partial charge in [-0.05, 0) is 66.3 Å². The Labute approximate surface area is 184 Å². The van der Waals surface area contributed by atoms with E-state index in [1.165, 1.54) is 11.6 Å². The molecule has 0 bridgehead atoms. The molecule has 3 rings (SSSR count). The fraction of sp³-hybridized carbons (Fsp3) is 0.333. The van der Waals surface area contributed by atoms with Gasteiger partial charge in [-0.2, -0.15) is 0 Å². The highest BCUT2D eigenvalue weighted by Gasteiger charge is 2.14. The zero-order chi connectivity index (χ0) is 22.2. The van der Waals surface area contributed by atoms with Gasteiger partial charge in [-0.3, -0.25) is 0 Å². The lowest BCUT2D eigenvalue weighted by Gasteiger charge is -2.15. The van der Waals surface area contributed by atoms with Gasteiger partial charge in [0.2, 0.25) is 0 Å². The maximum atomic E-state index is 14.6. The van der Waals surface area contributed by atoms with Gasteiger partial charge >= 0.3 is 0 Å². The Morgan fingerprint density at radius 1 is 0.871 bits per heavy atom. The highest BCUT2D eigenvalue weighted by molar-refractivity contribution is 5.72. The highest BCUT2D eigenvalue weighted by atomic mass is 19.1. The third-order valence-corrected chi connectivity index (χ3v) is 5.42. The average Bonchev–Trinajstić information content (AvgIpc) is 2.81. The molecule has 0 saturated heterocycles. The summed E-state index contributed by atoms with van der Waals surface area (Å²) in [5.41, 5.74) is 3.40. The van der Waals surface area contributed by atoms with Gasteiger partial charge in [0.15, 0.2) is 0 Å². The van der Waals surface area contributed by atoms with E-state index in [9.17, 15) is 4.39 Å². The first kappa shape index (κ1) is 22.7. The maximum Gasteiger partial charge on any atom is 0.131 e. The molecule has 0 unspecified atom stereocenters. The second kappa shape index (κ2) is 10.9. The van der Waals surface area contributed by atoms with Crippen LogP contribution in [0.3, 0.4) is 0 Å². The highest BCUT2D eigenvalue weighted by Crippen LogP contribution is 2.35. The van der Waals surface area contributed by atoms with Crippen molar-refractivity contribution in [3.8, 4) is 28.4 Å². The van der Waals surface area contributed by atoms with Crippen LogP contribution in [0.15, 0.2) is 60.7 Å². The quantitative estimate of drug-likeness (QED) is 0.341. The van der Waals surface area contributed by atoms with Gasteiger partial charge in [0.25, 0.3) is 0 Å². The Morgan fingerprint density at radius 3 is 2.45 bits per heavy atom. The van der Waals surface area contributed by atoms with Crippen LogP contribution in [0.25, 0.3) is 11.1 Å². The van der Waals surface area contributed by atoms with E-state index in [1.807, 2.05) is 37.3 Å². The summed E-state index contributed by atoms with van der Waals surface area (Å²) in [6, 6.07) is 18.7. The molecule has 0 spiro atoms. The maximum absolute atomic E-state index is 14.6. The fourth-order valence-corrected chi connectivity index (χ4v) is 3.36. The number of rotatable bonds is 10. The predicted octanol–water partition coefficient (Wildman–Crippen LogP) is 7.38. The summed E-state index contributed by atoms with van der Waals surface area (Å²) >= 11 is 0. The van der Waals surface area contributed by atoms with Crippen molar-refractivity contribution < 1.29 is 18.6 Å². The van der Waals surface area contributed by atoms with Crippen LogP contribution < -0.4 is 14.2 Å². The Hall–Kier alpha value is -3.01. The molecule has 0 fully saturated rings. The molecule has 1 atom stereocenters. The van der Waals surface area contributed by atoms with Gasteiger partial charge in [0, 0.05) is 11.1 Å². The van der Waals surface area contributed by atoms with E-state index in [-0.39, 0.29) is 5.82 Å². The number of benzene rings is 3. The molecular formula is C27H31FO3. The number of methoxy groups -OCH3 is 1. The van der Waals surface area contributed by atoms with Gasteiger partial charge in [0.05, 0.1) is 13.7 Å². The first-order chi connectivity index (χ1) is 15.0. The lowest BCUT2D eigenvalue weighted by atomic mass is 9.99. The molecular weight excluding hydrogens is 391 g/mol. The smallest absolute Gasteiger partial charge is 0.131 e. The molecule has 0 aromatic heterocycles. The number of hydrogen-bond donors (Lipinski definition) is 0. The van der Waals surface area contributed by atoms with E-state index in [4.69, 9.17) is 14.2 Å². The number of halogens is 1. The van der Waals surface area contributed by atoms with Crippen molar-refractivity contribution in [2.75, 3.05) is 13.7 Å². The van der Waals surface area contributed by atoms with E-state index in [1.54, 1.807) is 19.2 Å². The molecule has 164 valence electrons. The number of hydrogen-bond acceptors (Lipinski definition) is 3. The molecule has 0 N–H and O–H groups in total. The molecule has 0 aliphatic rings. The van der Waals surface area contributed by atoms with E-state index < -0.39 is 0 Å². The summed E-state index contributed by atoms with van der Waals surface area (Å²) in [4.78, 5) is 0. The Morgan fingerprint density at radius 2 is 1.71 bits per heavy atom. The molecule has 3 nitrogen and oxygen atoms in total. The minimum Gasteiger partial charge on any atom is -0.497 e. The second-order valence-corrected chi connectivity index (χ2v) is 7.70. The van der Waals surface area contributed by atoms with Crippen molar-refractivity contribution in [3.05, 3.63) is 77.6 Å². The van der Waals surface area contributed by atoms with Gasteiger partial charge in [-0.1, -0.05) is 45.0 Å². The van der Waals surface area contributed by atoms with Crippen molar-refractivity contribution in [3.63, 3.8) is 0 Å². The van der Waals surface area contributed by atoms with Gasteiger partial charge in [-0.25, -0.2) is 4.39 Å². The van der Waals surface area contributed by atoms with Crippen LogP contribution in [0.5, 0.6) is 17.2 Å². The molecule has 0 saturated carbocycles. The van der Waals surface area contributed by atoms with E-state index in [0.717, 1.165) is 24.2 Å². The molecule has 3 aromatic carbocycles. The first-order valence-corrected chi connectivity index (χ1v) is 10.9. The third kappa shape index (κ3) is 5.78. The topological polar surface area (TPSA) is 27.7 Å². The van der Waals surface area contributed by atoms with Crippen molar-refractivity contribution >= 4 is 0 Å². The number of ether oxygens (including phenoxy) is 3. The monoisotopic (exact) mass is 422 g/mol. The summed E-state index contributed by atoms with van der Waals surface area (Å²) in [7, 11) is 1.57. The molecule has 31 heavy (non-hydrogen) atoms. The molecule has 0 heterocycles. The van der Waals surface area contributed by atoms with Crippen molar-refractivity contribution in [1.29, 1.82) is 0 Å². The molecule has 0 aliphatic heterocycles. The molecule has 3 aromatic rings. The van der Waals surface area contributed by atoms with Crippen LogP contribution in [-0.2, 0) is 6.61 Å². The zero-order valence-corrected chi connectivity index (χ0v) is 18.8.